The lowest BCUT2D eigenvalue weighted by Crippen LogP contribution is -2.24. The Bertz CT molecular complexity index is 579. The molecule has 1 heterocycles. The fraction of sp³-hybridized carbons (Fsp3) is 0.250. The number of halogens is 1. The molecular weight excluding hydrogens is 296 g/mol. The molecule has 1 N–H and O–H groups in total. The Kier molecular flexibility index (Phi) is 3.76. The van der Waals surface area contributed by atoms with Crippen LogP contribution in [0.5, 0.6) is 0 Å². The smallest absolute Gasteiger partial charge is 0.251 e. The Balaban J connectivity index is 2.04. The van der Waals surface area contributed by atoms with Crippen LogP contribution < -0.4 is 5.32 Å². The van der Waals surface area contributed by atoms with Gasteiger partial charge in [0.15, 0.2) is 5.82 Å². The van der Waals surface area contributed by atoms with Crippen molar-refractivity contribution in [2.45, 2.75) is 13.5 Å². The van der Waals surface area contributed by atoms with Crippen LogP contribution in [-0.2, 0) is 13.6 Å². The van der Waals surface area contributed by atoms with Gasteiger partial charge >= 0.3 is 0 Å². The van der Waals surface area contributed by atoms with E-state index in [1.807, 2.05) is 20.0 Å². The third-order valence-corrected chi connectivity index (χ3v) is 3.50. The Morgan fingerprint density at radius 2 is 2.28 bits per heavy atom. The SMILES string of the molecule is Cc1ccc(C(=O)NCc2nncn2C)cc1Br. The summed E-state index contributed by atoms with van der Waals surface area (Å²) >= 11 is 3.41. The minimum absolute atomic E-state index is 0.126. The Morgan fingerprint density at radius 1 is 1.50 bits per heavy atom. The van der Waals surface area contributed by atoms with E-state index in [1.54, 1.807) is 23.0 Å². The van der Waals surface area contributed by atoms with E-state index in [0.717, 1.165) is 15.9 Å². The molecule has 1 aromatic carbocycles. The molecule has 18 heavy (non-hydrogen) atoms. The predicted molar refractivity (Wildman–Crippen MR) is 71.1 cm³/mol. The summed E-state index contributed by atoms with van der Waals surface area (Å²) < 4.78 is 2.69. The van der Waals surface area contributed by atoms with Gasteiger partial charge in [-0.25, -0.2) is 0 Å². The van der Waals surface area contributed by atoms with Crippen molar-refractivity contribution in [3.05, 3.63) is 46.0 Å². The molecule has 0 bridgehead atoms. The van der Waals surface area contributed by atoms with Crippen LogP contribution in [0.1, 0.15) is 21.7 Å². The number of aromatic nitrogens is 3. The highest BCUT2D eigenvalue weighted by molar-refractivity contribution is 9.10. The zero-order valence-corrected chi connectivity index (χ0v) is 11.7. The number of carbonyl (C=O) groups is 1. The van der Waals surface area contributed by atoms with Gasteiger partial charge in [-0.15, -0.1) is 10.2 Å². The van der Waals surface area contributed by atoms with E-state index in [1.165, 1.54) is 0 Å². The lowest BCUT2D eigenvalue weighted by molar-refractivity contribution is 0.0949. The van der Waals surface area contributed by atoms with Gasteiger partial charge in [0.05, 0.1) is 6.54 Å². The number of aryl methyl sites for hydroxylation is 2. The standard InChI is InChI=1S/C12H13BrN4O/c1-8-3-4-9(5-10(8)13)12(18)14-6-11-16-15-7-17(11)2/h3-5,7H,6H2,1-2H3,(H,14,18). The first-order valence-electron chi connectivity index (χ1n) is 5.45. The van der Waals surface area contributed by atoms with E-state index in [9.17, 15) is 4.79 Å². The zero-order valence-electron chi connectivity index (χ0n) is 10.1. The molecule has 0 saturated carbocycles. The largest absolute Gasteiger partial charge is 0.345 e. The minimum Gasteiger partial charge on any atom is -0.345 e. The summed E-state index contributed by atoms with van der Waals surface area (Å²) in [6.07, 6.45) is 1.60. The molecule has 5 nitrogen and oxygen atoms in total. The maximum atomic E-state index is 11.9. The summed E-state index contributed by atoms with van der Waals surface area (Å²) in [5.74, 6) is 0.591. The van der Waals surface area contributed by atoms with Crippen molar-refractivity contribution in [3.63, 3.8) is 0 Å². The second kappa shape index (κ2) is 5.30. The molecule has 0 saturated heterocycles. The van der Waals surface area contributed by atoms with Gasteiger partial charge in [-0.3, -0.25) is 4.79 Å². The van der Waals surface area contributed by atoms with E-state index in [4.69, 9.17) is 0 Å². The molecule has 0 unspecified atom stereocenters. The first-order valence-corrected chi connectivity index (χ1v) is 6.24. The quantitative estimate of drug-likeness (QED) is 0.941. The number of hydrogen-bond donors (Lipinski definition) is 1. The van der Waals surface area contributed by atoms with Crippen LogP contribution in [0.2, 0.25) is 0 Å². The molecule has 6 heteroatoms. The van der Waals surface area contributed by atoms with E-state index in [2.05, 4.69) is 31.4 Å². The minimum atomic E-state index is -0.126. The van der Waals surface area contributed by atoms with Crippen LogP contribution in [0.3, 0.4) is 0 Å². The van der Waals surface area contributed by atoms with Crippen molar-refractivity contribution in [1.29, 1.82) is 0 Å². The van der Waals surface area contributed by atoms with Crippen LogP contribution >= 0.6 is 15.9 Å². The Morgan fingerprint density at radius 3 is 2.89 bits per heavy atom. The van der Waals surface area contributed by atoms with Crippen LogP contribution in [0.25, 0.3) is 0 Å². The molecule has 0 spiro atoms. The van der Waals surface area contributed by atoms with Gasteiger partial charge in [0.25, 0.3) is 5.91 Å². The normalized spacial score (nSPS) is 10.4. The molecule has 0 aliphatic carbocycles. The molecule has 0 radical (unpaired) electrons. The Hall–Kier alpha value is -1.69. The van der Waals surface area contributed by atoms with Gasteiger partial charge in [-0.05, 0) is 24.6 Å². The second-order valence-electron chi connectivity index (χ2n) is 4.00. The summed E-state index contributed by atoms with van der Waals surface area (Å²) in [7, 11) is 1.84. The number of rotatable bonds is 3. The summed E-state index contributed by atoms with van der Waals surface area (Å²) in [6.45, 7) is 2.34. The molecule has 1 aromatic heterocycles. The third-order valence-electron chi connectivity index (χ3n) is 2.65. The lowest BCUT2D eigenvalue weighted by atomic mass is 10.1. The molecular formula is C12H13BrN4O. The van der Waals surface area contributed by atoms with Gasteiger partial charge in [0, 0.05) is 17.1 Å². The summed E-state index contributed by atoms with van der Waals surface area (Å²) in [4.78, 5) is 11.9. The van der Waals surface area contributed by atoms with E-state index in [-0.39, 0.29) is 5.91 Å². The Labute approximate surface area is 113 Å². The average molecular weight is 309 g/mol. The number of nitrogens with one attached hydrogen (secondary N) is 1. The molecule has 0 aliphatic heterocycles. The highest BCUT2D eigenvalue weighted by Crippen LogP contribution is 2.17. The number of hydrogen-bond acceptors (Lipinski definition) is 3. The van der Waals surface area contributed by atoms with Crippen LogP contribution in [0.4, 0.5) is 0 Å². The van der Waals surface area contributed by atoms with E-state index < -0.39 is 0 Å². The lowest BCUT2D eigenvalue weighted by Gasteiger charge is -2.06. The third kappa shape index (κ3) is 2.76. The van der Waals surface area contributed by atoms with Crippen molar-refractivity contribution in [3.8, 4) is 0 Å². The number of carbonyl (C=O) groups excluding carboxylic acids is 1. The summed E-state index contributed by atoms with van der Waals surface area (Å²) in [5.41, 5.74) is 1.72. The zero-order chi connectivity index (χ0) is 13.1. The van der Waals surface area contributed by atoms with Crippen molar-refractivity contribution in [2.75, 3.05) is 0 Å². The fourth-order valence-electron chi connectivity index (χ4n) is 1.46. The molecule has 2 aromatic rings. The number of benzene rings is 1. The van der Waals surface area contributed by atoms with Gasteiger partial charge in [-0.1, -0.05) is 22.0 Å². The first-order chi connectivity index (χ1) is 8.58. The van der Waals surface area contributed by atoms with Crippen molar-refractivity contribution >= 4 is 21.8 Å². The molecule has 0 aliphatic rings. The predicted octanol–water partition coefficient (Wildman–Crippen LogP) is 1.82. The van der Waals surface area contributed by atoms with E-state index >= 15 is 0 Å². The van der Waals surface area contributed by atoms with Gasteiger partial charge in [0.2, 0.25) is 0 Å². The molecule has 0 fully saturated rings. The summed E-state index contributed by atoms with van der Waals surface area (Å²) in [5, 5.41) is 10.5. The number of nitrogens with zero attached hydrogens (tertiary/aromatic N) is 3. The van der Waals surface area contributed by atoms with Gasteiger partial charge < -0.3 is 9.88 Å². The van der Waals surface area contributed by atoms with Crippen LogP contribution in [0, 0.1) is 6.92 Å². The van der Waals surface area contributed by atoms with Crippen molar-refractivity contribution in [1.82, 2.24) is 20.1 Å². The van der Waals surface area contributed by atoms with Crippen LogP contribution in [-0.4, -0.2) is 20.7 Å². The highest BCUT2D eigenvalue weighted by atomic mass is 79.9. The number of amides is 1. The van der Waals surface area contributed by atoms with Crippen molar-refractivity contribution < 1.29 is 4.79 Å². The maximum Gasteiger partial charge on any atom is 0.251 e. The summed E-state index contributed by atoms with van der Waals surface area (Å²) in [6, 6.07) is 5.51. The topological polar surface area (TPSA) is 59.8 Å². The van der Waals surface area contributed by atoms with Crippen molar-refractivity contribution in [2.24, 2.45) is 7.05 Å². The van der Waals surface area contributed by atoms with Gasteiger partial charge in [0.1, 0.15) is 6.33 Å². The highest BCUT2D eigenvalue weighted by Gasteiger charge is 2.08. The maximum absolute atomic E-state index is 11.9. The molecule has 2 rings (SSSR count). The van der Waals surface area contributed by atoms with Crippen LogP contribution in [0.15, 0.2) is 29.0 Å². The second-order valence-corrected chi connectivity index (χ2v) is 4.86. The molecule has 0 atom stereocenters. The first kappa shape index (κ1) is 12.8. The van der Waals surface area contributed by atoms with Gasteiger partial charge in [-0.2, -0.15) is 0 Å². The van der Waals surface area contributed by atoms with E-state index in [0.29, 0.717) is 12.1 Å². The monoisotopic (exact) mass is 308 g/mol. The molecule has 94 valence electrons. The molecule has 1 amide bonds. The average Bonchev–Trinajstić information content (AvgIpc) is 2.75. The fourth-order valence-corrected chi connectivity index (χ4v) is 1.84.